The minimum atomic E-state index is -0.195. The van der Waals surface area contributed by atoms with E-state index in [1.165, 1.54) is 17.5 Å². The van der Waals surface area contributed by atoms with Crippen LogP contribution in [0.3, 0.4) is 0 Å². The van der Waals surface area contributed by atoms with Crippen molar-refractivity contribution in [3.8, 4) is 0 Å². The number of hydrogen-bond donors (Lipinski definition) is 0. The van der Waals surface area contributed by atoms with Gasteiger partial charge >= 0.3 is 0 Å². The number of hydrogen-bond acceptors (Lipinski definition) is 3. The Morgan fingerprint density at radius 1 is 0.882 bits per heavy atom. The molecule has 6 rings (SSSR count). The molecular formula is C30H32FN3. The predicted molar refractivity (Wildman–Crippen MR) is 136 cm³/mol. The third-order valence-corrected chi connectivity index (χ3v) is 8.30. The molecule has 0 N–H and O–H groups in total. The lowest BCUT2D eigenvalue weighted by atomic mass is 9.56. The number of likely N-dealkylation sites (tertiary alicyclic amines) is 1. The molecule has 2 fully saturated rings. The van der Waals surface area contributed by atoms with Crippen molar-refractivity contribution in [2.75, 3.05) is 18.1 Å². The minimum Gasteiger partial charge on any atom is -0.298 e. The van der Waals surface area contributed by atoms with E-state index in [0.29, 0.717) is 17.9 Å². The first-order valence-electron chi connectivity index (χ1n) is 12.6. The van der Waals surface area contributed by atoms with Crippen LogP contribution < -0.4 is 5.01 Å². The van der Waals surface area contributed by atoms with Gasteiger partial charge in [0.2, 0.25) is 0 Å². The molecule has 34 heavy (non-hydrogen) atoms. The zero-order valence-electron chi connectivity index (χ0n) is 19.6. The normalized spacial score (nSPS) is 28.5. The Morgan fingerprint density at radius 3 is 2.32 bits per heavy atom. The van der Waals surface area contributed by atoms with Crippen LogP contribution in [0.25, 0.3) is 0 Å². The molecule has 4 heteroatoms. The lowest BCUT2D eigenvalue weighted by Crippen LogP contribution is -2.56. The number of piperidine rings is 1. The van der Waals surface area contributed by atoms with Gasteiger partial charge in [0.05, 0.1) is 11.7 Å². The van der Waals surface area contributed by atoms with Crippen molar-refractivity contribution in [2.24, 2.45) is 22.4 Å². The molecule has 0 radical (unpaired) electrons. The van der Waals surface area contributed by atoms with E-state index in [9.17, 15) is 4.39 Å². The van der Waals surface area contributed by atoms with Gasteiger partial charge in [0.25, 0.3) is 0 Å². The molecule has 3 nitrogen and oxygen atoms in total. The second-order valence-corrected chi connectivity index (χ2v) is 10.5. The quantitative estimate of drug-likeness (QED) is 0.461. The number of anilines is 1. The van der Waals surface area contributed by atoms with Gasteiger partial charge in [0, 0.05) is 25.2 Å². The number of nitrogens with zero attached hydrogens (tertiary/aromatic N) is 3. The van der Waals surface area contributed by atoms with Crippen molar-refractivity contribution in [1.29, 1.82) is 0 Å². The fraction of sp³-hybridized carbons (Fsp3) is 0.367. The van der Waals surface area contributed by atoms with Gasteiger partial charge in [-0.2, -0.15) is 5.10 Å². The summed E-state index contributed by atoms with van der Waals surface area (Å²) in [5.41, 5.74) is 4.09. The van der Waals surface area contributed by atoms with Gasteiger partial charge in [-0.25, -0.2) is 4.39 Å². The maximum Gasteiger partial charge on any atom is 0.123 e. The summed E-state index contributed by atoms with van der Waals surface area (Å²) in [5, 5.41) is 6.99. The van der Waals surface area contributed by atoms with Gasteiger partial charge in [0.15, 0.2) is 0 Å². The van der Waals surface area contributed by atoms with Crippen LogP contribution in [0.4, 0.5) is 10.1 Å². The fourth-order valence-corrected chi connectivity index (χ4v) is 6.75. The lowest BCUT2D eigenvalue weighted by molar-refractivity contribution is -0.0232. The summed E-state index contributed by atoms with van der Waals surface area (Å²) in [6.45, 7) is 3.30. The molecule has 2 aliphatic heterocycles. The summed E-state index contributed by atoms with van der Waals surface area (Å²) in [4.78, 5) is 2.68. The first-order valence-corrected chi connectivity index (χ1v) is 12.6. The highest BCUT2D eigenvalue weighted by Crippen LogP contribution is 2.53. The zero-order chi connectivity index (χ0) is 23.0. The van der Waals surface area contributed by atoms with Crippen LogP contribution in [0, 0.1) is 23.1 Å². The van der Waals surface area contributed by atoms with E-state index in [1.807, 2.05) is 12.1 Å². The van der Waals surface area contributed by atoms with Crippen LogP contribution in [0.15, 0.2) is 90.0 Å². The molecule has 3 aromatic carbocycles. The second kappa shape index (κ2) is 8.99. The van der Waals surface area contributed by atoms with Gasteiger partial charge in [0.1, 0.15) is 5.82 Å². The van der Waals surface area contributed by atoms with E-state index >= 15 is 0 Å². The summed E-state index contributed by atoms with van der Waals surface area (Å²) >= 11 is 0. The van der Waals surface area contributed by atoms with Crippen molar-refractivity contribution in [2.45, 2.75) is 38.3 Å². The summed E-state index contributed by atoms with van der Waals surface area (Å²) < 4.78 is 13.5. The molecule has 1 saturated carbocycles. The Bertz CT molecular complexity index is 1130. The number of fused-ring (bicyclic) bond motifs is 2. The Morgan fingerprint density at radius 2 is 1.59 bits per heavy atom. The van der Waals surface area contributed by atoms with Crippen molar-refractivity contribution in [3.05, 3.63) is 102 Å². The second-order valence-electron chi connectivity index (χ2n) is 10.5. The van der Waals surface area contributed by atoms with E-state index in [2.05, 4.69) is 76.8 Å². The van der Waals surface area contributed by atoms with Crippen LogP contribution in [-0.2, 0) is 13.0 Å². The van der Waals surface area contributed by atoms with E-state index < -0.39 is 0 Å². The van der Waals surface area contributed by atoms with Crippen LogP contribution in [0.1, 0.15) is 30.4 Å². The Kier molecular flexibility index (Phi) is 5.70. The molecule has 174 valence electrons. The van der Waals surface area contributed by atoms with Crippen LogP contribution >= 0.6 is 0 Å². The van der Waals surface area contributed by atoms with E-state index in [1.54, 1.807) is 12.1 Å². The first-order chi connectivity index (χ1) is 16.7. The fourth-order valence-electron chi connectivity index (χ4n) is 6.75. The maximum absolute atomic E-state index is 13.5. The Hall–Kier alpha value is -2.98. The topological polar surface area (TPSA) is 18.8 Å². The molecule has 0 spiro atoms. The first kappa shape index (κ1) is 21.5. The molecule has 0 aromatic heterocycles. The molecule has 3 aliphatic rings. The molecule has 3 aromatic rings. The molecule has 4 unspecified atom stereocenters. The van der Waals surface area contributed by atoms with E-state index in [0.717, 1.165) is 44.6 Å². The van der Waals surface area contributed by atoms with Gasteiger partial charge in [-0.1, -0.05) is 60.7 Å². The Labute approximate surface area is 201 Å². The highest BCUT2D eigenvalue weighted by molar-refractivity contribution is 5.70. The van der Waals surface area contributed by atoms with Crippen molar-refractivity contribution in [3.63, 3.8) is 0 Å². The van der Waals surface area contributed by atoms with Gasteiger partial charge in [-0.05, 0) is 79.0 Å². The highest BCUT2D eigenvalue weighted by Gasteiger charge is 2.52. The zero-order valence-corrected chi connectivity index (χ0v) is 19.6. The average molecular weight is 454 g/mol. The number of hydrazone groups is 1. The van der Waals surface area contributed by atoms with Crippen LogP contribution in [-0.4, -0.2) is 30.2 Å². The molecular weight excluding hydrogens is 421 g/mol. The summed E-state index contributed by atoms with van der Waals surface area (Å²) in [5.74, 6) is 0.895. The SMILES string of the molecule is Fc1ccc(N2N=CC3CC4(Cc5ccccc5)CN(Cc5ccccc5)CCC4CC32)cc1. The van der Waals surface area contributed by atoms with Gasteiger partial charge in [-0.15, -0.1) is 0 Å². The molecule has 1 aliphatic carbocycles. The minimum absolute atomic E-state index is 0.195. The molecule has 0 bridgehead atoms. The highest BCUT2D eigenvalue weighted by atomic mass is 19.1. The number of benzene rings is 3. The molecule has 1 saturated heterocycles. The summed E-state index contributed by atoms with van der Waals surface area (Å²) in [6, 6.07) is 29.1. The van der Waals surface area contributed by atoms with Crippen molar-refractivity contribution in [1.82, 2.24) is 4.90 Å². The third kappa shape index (κ3) is 4.16. The maximum atomic E-state index is 13.5. The van der Waals surface area contributed by atoms with E-state index in [4.69, 9.17) is 5.10 Å². The van der Waals surface area contributed by atoms with Gasteiger partial charge < -0.3 is 0 Å². The smallest absolute Gasteiger partial charge is 0.123 e. The van der Waals surface area contributed by atoms with Crippen LogP contribution in [0.5, 0.6) is 0 Å². The van der Waals surface area contributed by atoms with Crippen molar-refractivity contribution < 1.29 is 4.39 Å². The van der Waals surface area contributed by atoms with Crippen LogP contribution in [0.2, 0.25) is 0 Å². The molecule has 4 atom stereocenters. The largest absolute Gasteiger partial charge is 0.298 e. The van der Waals surface area contributed by atoms with Gasteiger partial charge in [-0.3, -0.25) is 9.91 Å². The van der Waals surface area contributed by atoms with Crippen molar-refractivity contribution >= 4 is 11.9 Å². The lowest BCUT2D eigenvalue weighted by Gasteiger charge is -2.54. The average Bonchev–Trinajstić information content (AvgIpc) is 3.26. The third-order valence-electron chi connectivity index (χ3n) is 8.30. The number of rotatable bonds is 5. The molecule has 2 heterocycles. The number of halogens is 1. The molecule has 0 amide bonds. The summed E-state index contributed by atoms with van der Waals surface area (Å²) in [7, 11) is 0. The predicted octanol–water partition coefficient (Wildman–Crippen LogP) is 6.16. The monoisotopic (exact) mass is 453 g/mol. The summed E-state index contributed by atoms with van der Waals surface area (Å²) in [6.07, 6.45) is 6.82. The Balaban J connectivity index is 1.27. The standard InChI is InChI=1S/C30H32FN3/c31-27-11-13-28(14-12-27)34-29-17-26-15-16-33(21-24-9-5-2-6-10-24)22-30(26,19-25(29)20-32-34)18-23-7-3-1-4-8-23/h1-14,20,25-26,29H,15-19,21-22H2. The van der Waals surface area contributed by atoms with E-state index in [-0.39, 0.29) is 11.2 Å².